The van der Waals surface area contributed by atoms with Crippen LogP contribution >= 0.6 is 0 Å². The first-order valence-electron chi connectivity index (χ1n) is 7.47. The molecule has 0 fully saturated rings. The van der Waals surface area contributed by atoms with Crippen LogP contribution in [0.1, 0.15) is 24.5 Å². The zero-order valence-corrected chi connectivity index (χ0v) is 12.6. The molecule has 2 aromatic carbocycles. The minimum Gasteiger partial charge on any atom is -0.327 e. The number of rotatable bonds is 4. The van der Waals surface area contributed by atoms with Gasteiger partial charge in [0.25, 0.3) is 0 Å². The molecule has 0 saturated heterocycles. The SMILES string of the molecule is CCC(N)Cc1ccc(C)c(-n2ncc3ccccc32)c1. The van der Waals surface area contributed by atoms with Gasteiger partial charge in [0.05, 0.1) is 17.4 Å². The molecule has 1 aromatic heterocycles. The van der Waals surface area contributed by atoms with Gasteiger partial charge in [0, 0.05) is 11.4 Å². The van der Waals surface area contributed by atoms with E-state index in [2.05, 4.69) is 49.3 Å². The number of hydrogen-bond acceptors (Lipinski definition) is 2. The minimum atomic E-state index is 0.218. The van der Waals surface area contributed by atoms with E-state index in [0.29, 0.717) is 0 Å². The van der Waals surface area contributed by atoms with Gasteiger partial charge in [-0.05, 0) is 43.0 Å². The third-order valence-corrected chi connectivity index (χ3v) is 4.00. The average molecular weight is 279 g/mol. The Bertz CT molecular complexity index is 758. The van der Waals surface area contributed by atoms with Crippen molar-refractivity contribution in [1.29, 1.82) is 0 Å². The summed E-state index contributed by atoms with van der Waals surface area (Å²) in [5.74, 6) is 0. The largest absolute Gasteiger partial charge is 0.327 e. The third-order valence-electron chi connectivity index (χ3n) is 4.00. The van der Waals surface area contributed by atoms with E-state index in [4.69, 9.17) is 5.73 Å². The molecule has 108 valence electrons. The van der Waals surface area contributed by atoms with Crippen LogP contribution in [0.2, 0.25) is 0 Å². The molecular weight excluding hydrogens is 258 g/mol. The Morgan fingerprint density at radius 1 is 1.19 bits per heavy atom. The molecular formula is C18H21N3. The molecule has 21 heavy (non-hydrogen) atoms. The van der Waals surface area contributed by atoms with Crippen molar-refractivity contribution < 1.29 is 0 Å². The Kier molecular flexibility index (Phi) is 3.76. The van der Waals surface area contributed by atoms with Crippen molar-refractivity contribution >= 4 is 10.9 Å². The highest BCUT2D eigenvalue weighted by Crippen LogP contribution is 2.22. The molecule has 0 radical (unpaired) electrons. The number of benzene rings is 2. The highest BCUT2D eigenvalue weighted by atomic mass is 15.3. The second kappa shape index (κ2) is 5.70. The molecule has 0 amide bonds. The molecule has 3 heteroatoms. The van der Waals surface area contributed by atoms with Crippen LogP contribution in [0.25, 0.3) is 16.6 Å². The lowest BCUT2D eigenvalue weighted by atomic mass is 10.0. The van der Waals surface area contributed by atoms with Gasteiger partial charge in [-0.1, -0.05) is 37.3 Å². The van der Waals surface area contributed by atoms with Crippen molar-refractivity contribution in [2.45, 2.75) is 32.7 Å². The molecule has 3 aromatic rings. The summed E-state index contributed by atoms with van der Waals surface area (Å²) in [7, 11) is 0. The highest BCUT2D eigenvalue weighted by molar-refractivity contribution is 5.80. The van der Waals surface area contributed by atoms with Gasteiger partial charge in [-0.15, -0.1) is 0 Å². The molecule has 3 rings (SSSR count). The van der Waals surface area contributed by atoms with Crippen molar-refractivity contribution in [3.8, 4) is 5.69 Å². The first-order chi connectivity index (χ1) is 10.2. The fraction of sp³-hybridized carbons (Fsp3) is 0.278. The summed E-state index contributed by atoms with van der Waals surface area (Å²) < 4.78 is 2.02. The molecule has 0 bridgehead atoms. The monoisotopic (exact) mass is 279 g/mol. The number of nitrogens with zero attached hydrogens (tertiary/aromatic N) is 2. The minimum absolute atomic E-state index is 0.218. The van der Waals surface area contributed by atoms with Crippen molar-refractivity contribution in [3.63, 3.8) is 0 Å². The summed E-state index contributed by atoms with van der Waals surface area (Å²) in [6, 6.07) is 15.0. The van der Waals surface area contributed by atoms with E-state index in [9.17, 15) is 0 Å². The van der Waals surface area contributed by atoms with E-state index in [1.165, 1.54) is 11.1 Å². The van der Waals surface area contributed by atoms with Crippen LogP contribution in [0.5, 0.6) is 0 Å². The zero-order chi connectivity index (χ0) is 14.8. The van der Waals surface area contributed by atoms with Gasteiger partial charge in [-0.3, -0.25) is 0 Å². The van der Waals surface area contributed by atoms with Gasteiger partial charge in [-0.25, -0.2) is 4.68 Å². The van der Waals surface area contributed by atoms with E-state index in [0.717, 1.165) is 29.4 Å². The van der Waals surface area contributed by atoms with Crippen LogP contribution in [0.3, 0.4) is 0 Å². The molecule has 0 aliphatic carbocycles. The van der Waals surface area contributed by atoms with Gasteiger partial charge >= 0.3 is 0 Å². The third kappa shape index (κ3) is 2.69. The molecule has 0 aliphatic rings. The van der Waals surface area contributed by atoms with Gasteiger partial charge in [0.15, 0.2) is 0 Å². The number of nitrogens with two attached hydrogens (primary N) is 1. The van der Waals surface area contributed by atoms with Crippen LogP contribution in [-0.4, -0.2) is 15.8 Å². The lowest BCUT2D eigenvalue weighted by Gasteiger charge is -2.13. The van der Waals surface area contributed by atoms with E-state index in [-0.39, 0.29) is 6.04 Å². The average Bonchev–Trinajstić information content (AvgIpc) is 2.93. The number of para-hydroxylation sites is 1. The Balaban J connectivity index is 2.07. The maximum absolute atomic E-state index is 6.08. The Hall–Kier alpha value is -2.13. The molecule has 1 heterocycles. The molecule has 0 saturated carbocycles. The van der Waals surface area contributed by atoms with Crippen molar-refractivity contribution in [1.82, 2.24) is 9.78 Å². The Morgan fingerprint density at radius 2 is 2.00 bits per heavy atom. The summed E-state index contributed by atoms with van der Waals surface area (Å²) in [4.78, 5) is 0. The van der Waals surface area contributed by atoms with Crippen molar-refractivity contribution in [3.05, 3.63) is 59.8 Å². The molecule has 2 N–H and O–H groups in total. The summed E-state index contributed by atoms with van der Waals surface area (Å²) in [6.45, 7) is 4.25. The smallest absolute Gasteiger partial charge is 0.0741 e. The van der Waals surface area contributed by atoms with Crippen LogP contribution < -0.4 is 5.73 Å². The van der Waals surface area contributed by atoms with Gasteiger partial charge in [0.2, 0.25) is 0 Å². The number of aryl methyl sites for hydroxylation is 1. The van der Waals surface area contributed by atoms with E-state index < -0.39 is 0 Å². The Labute approximate surface area is 125 Å². The lowest BCUT2D eigenvalue weighted by molar-refractivity contribution is 0.646. The number of fused-ring (bicyclic) bond motifs is 1. The highest BCUT2D eigenvalue weighted by Gasteiger charge is 2.09. The lowest BCUT2D eigenvalue weighted by Crippen LogP contribution is -2.21. The first-order valence-corrected chi connectivity index (χ1v) is 7.47. The van der Waals surface area contributed by atoms with Crippen LogP contribution in [0, 0.1) is 6.92 Å². The van der Waals surface area contributed by atoms with Crippen LogP contribution in [-0.2, 0) is 6.42 Å². The van der Waals surface area contributed by atoms with Gasteiger partial charge in [-0.2, -0.15) is 5.10 Å². The summed E-state index contributed by atoms with van der Waals surface area (Å²) in [5.41, 5.74) is 10.8. The maximum atomic E-state index is 6.08. The van der Waals surface area contributed by atoms with E-state index >= 15 is 0 Å². The summed E-state index contributed by atoms with van der Waals surface area (Å²) >= 11 is 0. The molecule has 3 nitrogen and oxygen atoms in total. The van der Waals surface area contributed by atoms with Crippen molar-refractivity contribution in [2.75, 3.05) is 0 Å². The molecule has 1 unspecified atom stereocenters. The van der Waals surface area contributed by atoms with Crippen LogP contribution in [0.4, 0.5) is 0 Å². The van der Waals surface area contributed by atoms with E-state index in [1.807, 2.05) is 23.0 Å². The standard InChI is InChI=1S/C18H21N3/c1-3-16(19)10-14-9-8-13(2)18(11-14)21-17-7-5-4-6-15(17)12-20-21/h4-9,11-12,16H,3,10,19H2,1-2H3. The maximum Gasteiger partial charge on any atom is 0.0741 e. The quantitative estimate of drug-likeness (QED) is 0.792. The second-order valence-corrected chi connectivity index (χ2v) is 5.61. The van der Waals surface area contributed by atoms with Crippen molar-refractivity contribution in [2.24, 2.45) is 5.73 Å². The summed E-state index contributed by atoms with van der Waals surface area (Å²) in [6.07, 6.45) is 3.82. The normalized spacial score (nSPS) is 12.7. The van der Waals surface area contributed by atoms with Gasteiger partial charge < -0.3 is 5.73 Å². The summed E-state index contributed by atoms with van der Waals surface area (Å²) in [5, 5.41) is 5.71. The topological polar surface area (TPSA) is 43.8 Å². The first kappa shape index (κ1) is 13.8. The van der Waals surface area contributed by atoms with Crippen LogP contribution in [0.15, 0.2) is 48.7 Å². The Morgan fingerprint density at radius 3 is 2.81 bits per heavy atom. The predicted octanol–water partition coefficient (Wildman–Crippen LogP) is 3.61. The number of aromatic nitrogens is 2. The molecule has 0 spiro atoms. The molecule has 0 aliphatic heterocycles. The number of hydrogen-bond donors (Lipinski definition) is 1. The fourth-order valence-electron chi connectivity index (χ4n) is 2.62. The predicted molar refractivity (Wildman–Crippen MR) is 87.8 cm³/mol. The zero-order valence-electron chi connectivity index (χ0n) is 12.6. The molecule has 1 atom stereocenters. The van der Waals surface area contributed by atoms with Gasteiger partial charge in [0.1, 0.15) is 0 Å². The second-order valence-electron chi connectivity index (χ2n) is 5.61. The fourth-order valence-corrected chi connectivity index (χ4v) is 2.62. The van der Waals surface area contributed by atoms with E-state index in [1.54, 1.807) is 0 Å².